The lowest BCUT2D eigenvalue weighted by Gasteiger charge is -2.19. The van der Waals surface area contributed by atoms with Gasteiger partial charge in [0, 0.05) is 25.6 Å². The van der Waals surface area contributed by atoms with Crippen molar-refractivity contribution in [1.82, 2.24) is 0 Å². The molecular formula is C18H21NO2. The van der Waals surface area contributed by atoms with E-state index in [1.807, 2.05) is 38.1 Å². The van der Waals surface area contributed by atoms with Gasteiger partial charge in [0.2, 0.25) is 5.79 Å². The molecular weight excluding hydrogens is 262 g/mol. The quantitative estimate of drug-likeness (QED) is 0.877. The molecule has 0 fully saturated rings. The van der Waals surface area contributed by atoms with Crippen LogP contribution >= 0.6 is 0 Å². The van der Waals surface area contributed by atoms with E-state index in [9.17, 15) is 0 Å². The largest absolute Gasteiger partial charge is 0.449 e. The maximum atomic E-state index is 5.79. The summed E-state index contributed by atoms with van der Waals surface area (Å²) in [6.07, 6.45) is 1.02. The third-order valence-corrected chi connectivity index (χ3v) is 3.61. The van der Waals surface area contributed by atoms with Crippen LogP contribution in [-0.2, 0) is 0 Å². The summed E-state index contributed by atoms with van der Waals surface area (Å²) >= 11 is 0. The van der Waals surface area contributed by atoms with Crippen LogP contribution in [0, 0.1) is 0 Å². The van der Waals surface area contributed by atoms with Crippen molar-refractivity contribution in [2.45, 2.75) is 39.0 Å². The molecule has 110 valence electrons. The molecule has 0 bridgehead atoms. The number of nitrogens with one attached hydrogen (secondary N) is 1. The van der Waals surface area contributed by atoms with Gasteiger partial charge in [-0.05, 0) is 24.1 Å². The first-order valence-corrected chi connectivity index (χ1v) is 7.41. The SMILES string of the molecule is CCC(Nc1ccc2c(c1)OC(C)(C)O2)c1ccccc1. The van der Waals surface area contributed by atoms with Crippen molar-refractivity contribution < 1.29 is 9.47 Å². The minimum atomic E-state index is -0.579. The molecule has 3 rings (SSSR count). The highest BCUT2D eigenvalue weighted by atomic mass is 16.7. The zero-order chi connectivity index (χ0) is 14.9. The second kappa shape index (κ2) is 5.32. The summed E-state index contributed by atoms with van der Waals surface area (Å²) in [4.78, 5) is 0. The van der Waals surface area contributed by atoms with Crippen LogP contribution in [0.1, 0.15) is 38.8 Å². The number of ether oxygens (including phenoxy) is 2. The van der Waals surface area contributed by atoms with Crippen LogP contribution in [0.25, 0.3) is 0 Å². The van der Waals surface area contributed by atoms with Gasteiger partial charge in [-0.3, -0.25) is 0 Å². The monoisotopic (exact) mass is 283 g/mol. The third kappa shape index (κ3) is 2.97. The maximum absolute atomic E-state index is 5.79. The molecule has 1 atom stereocenters. The lowest BCUT2D eigenvalue weighted by molar-refractivity contribution is -0.0431. The van der Waals surface area contributed by atoms with Gasteiger partial charge in [0.1, 0.15) is 0 Å². The Morgan fingerprint density at radius 1 is 1.00 bits per heavy atom. The van der Waals surface area contributed by atoms with E-state index in [1.54, 1.807) is 0 Å². The van der Waals surface area contributed by atoms with Crippen molar-refractivity contribution in [3.63, 3.8) is 0 Å². The van der Waals surface area contributed by atoms with Crippen molar-refractivity contribution in [1.29, 1.82) is 0 Å². The normalized spacial score (nSPS) is 16.5. The van der Waals surface area contributed by atoms with Gasteiger partial charge >= 0.3 is 0 Å². The van der Waals surface area contributed by atoms with Crippen molar-refractivity contribution in [2.24, 2.45) is 0 Å². The Morgan fingerprint density at radius 3 is 2.43 bits per heavy atom. The van der Waals surface area contributed by atoms with Gasteiger partial charge in [-0.1, -0.05) is 37.3 Å². The van der Waals surface area contributed by atoms with E-state index in [0.717, 1.165) is 23.6 Å². The van der Waals surface area contributed by atoms with Crippen molar-refractivity contribution in [3.05, 3.63) is 54.1 Å². The number of fused-ring (bicyclic) bond motifs is 1. The number of hydrogen-bond acceptors (Lipinski definition) is 3. The van der Waals surface area contributed by atoms with Crippen LogP contribution in [0.15, 0.2) is 48.5 Å². The molecule has 2 aromatic rings. The van der Waals surface area contributed by atoms with Gasteiger partial charge in [-0.2, -0.15) is 0 Å². The summed E-state index contributed by atoms with van der Waals surface area (Å²) in [6.45, 7) is 6.01. The van der Waals surface area contributed by atoms with Crippen molar-refractivity contribution >= 4 is 5.69 Å². The first-order chi connectivity index (χ1) is 10.1. The lowest BCUT2D eigenvalue weighted by Crippen LogP contribution is -2.29. The molecule has 0 aromatic heterocycles. The topological polar surface area (TPSA) is 30.5 Å². The number of hydrogen-bond donors (Lipinski definition) is 1. The number of rotatable bonds is 4. The van der Waals surface area contributed by atoms with Crippen molar-refractivity contribution in [2.75, 3.05) is 5.32 Å². The standard InChI is InChI=1S/C18H21NO2/c1-4-15(13-8-6-5-7-9-13)19-14-10-11-16-17(12-14)21-18(2,3)20-16/h5-12,15,19H,4H2,1-3H3. The fourth-order valence-corrected chi connectivity index (χ4v) is 2.62. The molecule has 0 radical (unpaired) electrons. The predicted octanol–water partition coefficient (Wildman–Crippen LogP) is 4.76. The van der Waals surface area contributed by atoms with Crippen molar-refractivity contribution in [3.8, 4) is 11.5 Å². The van der Waals surface area contributed by atoms with Gasteiger partial charge in [-0.25, -0.2) is 0 Å². The Hall–Kier alpha value is -2.16. The third-order valence-electron chi connectivity index (χ3n) is 3.61. The average Bonchev–Trinajstić information content (AvgIpc) is 2.78. The Kier molecular flexibility index (Phi) is 3.50. The van der Waals surface area contributed by atoms with Gasteiger partial charge in [-0.15, -0.1) is 0 Å². The smallest absolute Gasteiger partial charge is 0.246 e. The second-order valence-corrected chi connectivity index (χ2v) is 5.78. The molecule has 1 aliphatic rings. The molecule has 3 nitrogen and oxygen atoms in total. The second-order valence-electron chi connectivity index (χ2n) is 5.78. The minimum absolute atomic E-state index is 0.291. The predicted molar refractivity (Wildman–Crippen MR) is 84.9 cm³/mol. The highest BCUT2D eigenvalue weighted by Gasteiger charge is 2.31. The summed E-state index contributed by atoms with van der Waals surface area (Å²) in [5.41, 5.74) is 2.34. The Morgan fingerprint density at radius 2 is 1.71 bits per heavy atom. The first kappa shape index (κ1) is 13.8. The Balaban J connectivity index is 1.80. The highest BCUT2D eigenvalue weighted by molar-refractivity contribution is 5.57. The summed E-state index contributed by atoms with van der Waals surface area (Å²) in [5, 5.41) is 3.57. The van der Waals surface area contributed by atoms with Gasteiger partial charge in [0.25, 0.3) is 0 Å². The van der Waals surface area contributed by atoms with Crippen LogP contribution in [0.4, 0.5) is 5.69 Å². The lowest BCUT2D eigenvalue weighted by atomic mass is 10.0. The fraction of sp³-hybridized carbons (Fsp3) is 0.333. The van der Waals surface area contributed by atoms with E-state index in [1.165, 1.54) is 5.56 Å². The molecule has 1 aliphatic heterocycles. The molecule has 0 saturated carbocycles. The van der Waals surface area contributed by atoms with E-state index in [4.69, 9.17) is 9.47 Å². The summed E-state index contributed by atoms with van der Waals surface area (Å²) in [6, 6.07) is 16.8. The molecule has 1 N–H and O–H groups in total. The molecule has 0 saturated heterocycles. The molecule has 1 unspecified atom stereocenters. The molecule has 0 aliphatic carbocycles. The van der Waals surface area contributed by atoms with Crippen LogP contribution in [0.3, 0.4) is 0 Å². The molecule has 0 amide bonds. The first-order valence-electron chi connectivity index (χ1n) is 7.41. The van der Waals surface area contributed by atoms with E-state index in [2.05, 4.69) is 36.5 Å². The van der Waals surface area contributed by atoms with Crippen LogP contribution < -0.4 is 14.8 Å². The average molecular weight is 283 g/mol. The van der Waals surface area contributed by atoms with E-state index in [-0.39, 0.29) is 0 Å². The van der Waals surface area contributed by atoms with E-state index >= 15 is 0 Å². The summed E-state index contributed by atoms with van der Waals surface area (Å²) < 4.78 is 11.5. The van der Waals surface area contributed by atoms with Crippen LogP contribution in [0.2, 0.25) is 0 Å². The zero-order valence-corrected chi connectivity index (χ0v) is 12.7. The Labute approximate surface area is 125 Å². The highest BCUT2D eigenvalue weighted by Crippen LogP contribution is 2.41. The molecule has 0 spiro atoms. The van der Waals surface area contributed by atoms with Gasteiger partial charge < -0.3 is 14.8 Å². The van der Waals surface area contributed by atoms with Crippen LogP contribution in [0.5, 0.6) is 11.5 Å². The van der Waals surface area contributed by atoms with E-state index in [0.29, 0.717) is 6.04 Å². The number of anilines is 1. The molecule has 3 heteroatoms. The number of benzene rings is 2. The maximum Gasteiger partial charge on any atom is 0.246 e. The van der Waals surface area contributed by atoms with E-state index < -0.39 is 5.79 Å². The van der Waals surface area contributed by atoms with Gasteiger partial charge in [0.05, 0.1) is 6.04 Å². The zero-order valence-electron chi connectivity index (χ0n) is 12.7. The molecule has 1 heterocycles. The Bertz CT molecular complexity index is 622. The minimum Gasteiger partial charge on any atom is -0.449 e. The fourth-order valence-electron chi connectivity index (χ4n) is 2.62. The summed E-state index contributed by atoms with van der Waals surface area (Å²) in [7, 11) is 0. The van der Waals surface area contributed by atoms with Gasteiger partial charge in [0.15, 0.2) is 11.5 Å². The van der Waals surface area contributed by atoms with Crippen LogP contribution in [-0.4, -0.2) is 5.79 Å². The molecule has 2 aromatic carbocycles. The summed E-state index contributed by atoms with van der Waals surface area (Å²) in [5.74, 6) is 1.02. The molecule has 21 heavy (non-hydrogen) atoms.